The second-order valence-corrected chi connectivity index (χ2v) is 4.02. The van der Waals surface area contributed by atoms with E-state index >= 15 is 0 Å². The Morgan fingerprint density at radius 1 is 1.40 bits per heavy atom. The van der Waals surface area contributed by atoms with Gasteiger partial charge < -0.3 is 10.1 Å². The Balaban J connectivity index is 2.31. The van der Waals surface area contributed by atoms with E-state index in [-0.39, 0.29) is 0 Å². The number of carboxylic acid groups (broad SMARTS) is 1. The van der Waals surface area contributed by atoms with E-state index in [0.29, 0.717) is 5.69 Å². The number of nitrogens with zero attached hydrogens (tertiary/aromatic N) is 1. The lowest BCUT2D eigenvalue weighted by Gasteiger charge is -2.11. The fraction of sp³-hybridized carbons (Fsp3) is 0.364. The van der Waals surface area contributed by atoms with Crippen LogP contribution in [0, 0.1) is 0 Å². The topological polar surface area (TPSA) is 57.5 Å². The minimum atomic E-state index is -0.870. The molecule has 0 bridgehead atoms. The Morgan fingerprint density at radius 2 is 2.20 bits per heavy atom. The molecule has 0 spiro atoms. The summed E-state index contributed by atoms with van der Waals surface area (Å²) in [5.74, 6) is -0.870. The standard InChI is InChI=1S/C11H12N2O2/c14-11(15)9-6-12-10-5-7-3-1-2-4-8(7)13(9)10/h5-6,12H,1-4H2,(H,14,15). The Hall–Kier alpha value is -1.71. The smallest absolute Gasteiger partial charge is 0.354 e. The number of aromatic amines is 1. The third-order valence-corrected chi connectivity index (χ3v) is 3.12. The normalized spacial score (nSPS) is 15.5. The number of hydrogen-bond donors (Lipinski definition) is 2. The molecule has 78 valence electrons. The van der Waals surface area contributed by atoms with Crippen LogP contribution in [-0.4, -0.2) is 20.5 Å². The van der Waals surface area contributed by atoms with Crippen molar-refractivity contribution in [3.8, 4) is 0 Å². The maximum atomic E-state index is 11.0. The van der Waals surface area contributed by atoms with Crippen LogP contribution >= 0.6 is 0 Å². The van der Waals surface area contributed by atoms with Crippen LogP contribution in [0.3, 0.4) is 0 Å². The molecule has 2 aromatic rings. The maximum absolute atomic E-state index is 11.0. The van der Waals surface area contributed by atoms with E-state index < -0.39 is 5.97 Å². The van der Waals surface area contributed by atoms with Gasteiger partial charge >= 0.3 is 5.97 Å². The maximum Gasteiger partial charge on any atom is 0.354 e. The number of rotatable bonds is 1. The van der Waals surface area contributed by atoms with Gasteiger partial charge in [-0.25, -0.2) is 4.79 Å². The molecule has 3 rings (SSSR count). The van der Waals surface area contributed by atoms with Gasteiger partial charge in [-0.2, -0.15) is 0 Å². The van der Waals surface area contributed by atoms with E-state index in [1.807, 2.05) is 4.40 Å². The van der Waals surface area contributed by atoms with Crippen LogP contribution < -0.4 is 0 Å². The summed E-state index contributed by atoms with van der Waals surface area (Å²) in [7, 11) is 0. The predicted octanol–water partition coefficient (Wildman–Crippen LogP) is 1.84. The number of H-pyrrole nitrogens is 1. The molecule has 2 N–H and O–H groups in total. The van der Waals surface area contributed by atoms with Crippen molar-refractivity contribution in [3.63, 3.8) is 0 Å². The van der Waals surface area contributed by atoms with Gasteiger partial charge in [0.2, 0.25) is 0 Å². The number of hydrogen-bond acceptors (Lipinski definition) is 1. The monoisotopic (exact) mass is 204 g/mol. The first kappa shape index (κ1) is 8.59. The predicted molar refractivity (Wildman–Crippen MR) is 55.3 cm³/mol. The Labute approximate surface area is 86.5 Å². The molecule has 0 radical (unpaired) electrons. The van der Waals surface area contributed by atoms with Crippen LogP contribution in [0.15, 0.2) is 12.3 Å². The molecule has 4 nitrogen and oxygen atoms in total. The highest BCUT2D eigenvalue weighted by Gasteiger charge is 2.19. The lowest BCUT2D eigenvalue weighted by molar-refractivity contribution is 0.0689. The van der Waals surface area contributed by atoms with E-state index in [1.54, 1.807) is 6.20 Å². The second-order valence-electron chi connectivity index (χ2n) is 4.02. The van der Waals surface area contributed by atoms with Crippen LogP contribution in [0.4, 0.5) is 0 Å². The largest absolute Gasteiger partial charge is 0.477 e. The zero-order valence-corrected chi connectivity index (χ0v) is 8.29. The first-order chi connectivity index (χ1) is 7.27. The van der Waals surface area contributed by atoms with Crippen molar-refractivity contribution in [2.24, 2.45) is 0 Å². The van der Waals surface area contributed by atoms with Gasteiger partial charge in [-0.05, 0) is 37.3 Å². The summed E-state index contributed by atoms with van der Waals surface area (Å²) in [5, 5.41) is 9.05. The molecule has 0 aromatic carbocycles. The van der Waals surface area contributed by atoms with Crippen molar-refractivity contribution in [2.75, 3.05) is 0 Å². The van der Waals surface area contributed by atoms with Crippen LogP contribution in [0.5, 0.6) is 0 Å². The number of aromatic nitrogens is 2. The van der Waals surface area contributed by atoms with Gasteiger partial charge in [0.15, 0.2) is 0 Å². The SMILES string of the molecule is O=C(O)c1c[nH]c2cc3c(n12)CCCC3. The minimum Gasteiger partial charge on any atom is -0.477 e. The van der Waals surface area contributed by atoms with E-state index in [2.05, 4.69) is 11.1 Å². The molecule has 0 atom stereocenters. The third-order valence-electron chi connectivity index (χ3n) is 3.12. The summed E-state index contributed by atoms with van der Waals surface area (Å²) < 4.78 is 1.84. The summed E-state index contributed by atoms with van der Waals surface area (Å²) in [5.41, 5.74) is 3.72. The summed E-state index contributed by atoms with van der Waals surface area (Å²) >= 11 is 0. The number of aromatic carboxylic acids is 1. The molecule has 0 saturated carbocycles. The lowest BCUT2D eigenvalue weighted by atomic mass is 9.98. The van der Waals surface area contributed by atoms with Gasteiger partial charge in [0.25, 0.3) is 0 Å². The third kappa shape index (κ3) is 1.11. The van der Waals surface area contributed by atoms with Gasteiger partial charge in [0.05, 0.1) is 0 Å². The molecule has 4 heteroatoms. The van der Waals surface area contributed by atoms with E-state index in [1.165, 1.54) is 17.7 Å². The highest BCUT2D eigenvalue weighted by molar-refractivity contribution is 5.87. The lowest BCUT2D eigenvalue weighted by Crippen LogP contribution is -2.08. The van der Waals surface area contributed by atoms with Gasteiger partial charge in [0.1, 0.15) is 11.3 Å². The average Bonchev–Trinajstić information content (AvgIpc) is 2.74. The number of carbonyl (C=O) groups is 1. The summed E-state index contributed by atoms with van der Waals surface area (Å²) in [4.78, 5) is 14.0. The van der Waals surface area contributed by atoms with Gasteiger partial charge in [-0.15, -0.1) is 0 Å². The quantitative estimate of drug-likeness (QED) is 0.744. The van der Waals surface area contributed by atoms with Gasteiger partial charge in [0, 0.05) is 11.9 Å². The van der Waals surface area contributed by atoms with Crippen molar-refractivity contribution in [1.82, 2.24) is 9.38 Å². The molecule has 0 fully saturated rings. The fourth-order valence-corrected chi connectivity index (χ4v) is 2.44. The molecule has 0 aliphatic heterocycles. The average molecular weight is 204 g/mol. The number of carboxylic acids is 1. The van der Waals surface area contributed by atoms with Crippen molar-refractivity contribution in [3.05, 3.63) is 29.2 Å². The van der Waals surface area contributed by atoms with E-state index in [9.17, 15) is 4.79 Å². The molecule has 0 unspecified atom stereocenters. The Morgan fingerprint density at radius 3 is 3.00 bits per heavy atom. The molecule has 2 aromatic heterocycles. The first-order valence-corrected chi connectivity index (χ1v) is 5.21. The molecule has 15 heavy (non-hydrogen) atoms. The zero-order chi connectivity index (χ0) is 10.4. The summed E-state index contributed by atoms with van der Waals surface area (Å²) in [6.07, 6.45) is 5.99. The van der Waals surface area contributed by atoms with Crippen LogP contribution in [-0.2, 0) is 12.8 Å². The van der Waals surface area contributed by atoms with E-state index in [4.69, 9.17) is 5.11 Å². The molecule has 2 heterocycles. The molecule has 0 amide bonds. The highest BCUT2D eigenvalue weighted by atomic mass is 16.4. The Bertz CT molecular complexity index is 536. The molecular formula is C11H12N2O2. The number of aryl methyl sites for hydroxylation is 2. The number of nitrogens with one attached hydrogen (secondary N) is 1. The second kappa shape index (κ2) is 2.89. The number of imidazole rings is 1. The molecule has 1 aliphatic carbocycles. The zero-order valence-electron chi connectivity index (χ0n) is 8.29. The van der Waals surface area contributed by atoms with Crippen molar-refractivity contribution >= 4 is 11.6 Å². The van der Waals surface area contributed by atoms with Gasteiger partial charge in [-0.1, -0.05) is 0 Å². The van der Waals surface area contributed by atoms with Gasteiger partial charge in [-0.3, -0.25) is 4.40 Å². The number of fused-ring (bicyclic) bond motifs is 3. The Kier molecular flexibility index (Phi) is 1.65. The van der Waals surface area contributed by atoms with Crippen LogP contribution in [0.25, 0.3) is 5.65 Å². The fourth-order valence-electron chi connectivity index (χ4n) is 2.44. The van der Waals surface area contributed by atoms with Crippen molar-refractivity contribution < 1.29 is 9.90 Å². The molecule has 1 aliphatic rings. The van der Waals surface area contributed by atoms with E-state index in [0.717, 1.165) is 24.9 Å². The molecular weight excluding hydrogens is 192 g/mol. The van der Waals surface area contributed by atoms with Crippen molar-refractivity contribution in [2.45, 2.75) is 25.7 Å². The molecule has 0 saturated heterocycles. The first-order valence-electron chi connectivity index (χ1n) is 5.21. The van der Waals surface area contributed by atoms with Crippen LogP contribution in [0.1, 0.15) is 34.6 Å². The van der Waals surface area contributed by atoms with Crippen molar-refractivity contribution in [1.29, 1.82) is 0 Å². The highest BCUT2D eigenvalue weighted by Crippen LogP contribution is 2.25. The summed E-state index contributed by atoms with van der Waals surface area (Å²) in [6.45, 7) is 0. The minimum absolute atomic E-state index is 0.341. The van der Waals surface area contributed by atoms with Crippen LogP contribution in [0.2, 0.25) is 0 Å². The summed E-state index contributed by atoms with van der Waals surface area (Å²) in [6, 6.07) is 2.07.